The van der Waals surface area contributed by atoms with Crippen molar-refractivity contribution in [3.8, 4) is 11.1 Å². The standard InChI is InChI=1S/C49H41N3/c1-49(2,3)41-25-33-47(34-26-41)52(48-35-27-42(50-4)28-36-48)45-29-19-38(20-30-45)16-15-37-17-21-39(22-18-37)40-23-31-46(32-24-40)51(43-11-7-5-8-12-43)44-13-9-6-10-14-44/h5-36H,1-3H3/b16-15+. The van der Waals surface area contributed by atoms with Crippen LogP contribution in [0.2, 0.25) is 0 Å². The molecule has 3 nitrogen and oxygen atoms in total. The van der Waals surface area contributed by atoms with Crippen LogP contribution in [-0.2, 0) is 5.41 Å². The second-order valence-electron chi connectivity index (χ2n) is 13.9. The van der Waals surface area contributed by atoms with E-state index in [1.54, 1.807) is 0 Å². The van der Waals surface area contributed by atoms with Gasteiger partial charge in [-0.05, 0) is 106 Å². The van der Waals surface area contributed by atoms with Crippen molar-refractivity contribution in [2.24, 2.45) is 0 Å². The number of hydrogen-bond acceptors (Lipinski definition) is 2. The summed E-state index contributed by atoms with van der Waals surface area (Å²) in [6.45, 7) is 14.1. The van der Waals surface area contributed by atoms with Gasteiger partial charge in [0.15, 0.2) is 5.69 Å². The van der Waals surface area contributed by atoms with E-state index >= 15 is 0 Å². The Kier molecular flexibility index (Phi) is 9.82. The Bertz CT molecular complexity index is 2240. The van der Waals surface area contributed by atoms with Gasteiger partial charge in [0.25, 0.3) is 0 Å². The molecule has 0 radical (unpaired) electrons. The predicted octanol–water partition coefficient (Wildman–Crippen LogP) is 14.3. The minimum atomic E-state index is 0.0779. The molecule has 252 valence electrons. The van der Waals surface area contributed by atoms with Crippen LogP contribution in [0.4, 0.5) is 39.8 Å². The zero-order valence-corrected chi connectivity index (χ0v) is 29.8. The second kappa shape index (κ2) is 15.1. The van der Waals surface area contributed by atoms with Crippen molar-refractivity contribution in [3.63, 3.8) is 0 Å². The van der Waals surface area contributed by atoms with Gasteiger partial charge in [-0.1, -0.05) is 142 Å². The molecule has 0 N–H and O–H groups in total. The minimum Gasteiger partial charge on any atom is -0.311 e. The van der Waals surface area contributed by atoms with Gasteiger partial charge in [-0.25, -0.2) is 4.85 Å². The monoisotopic (exact) mass is 671 g/mol. The molecule has 0 saturated heterocycles. The van der Waals surface area contributed by atoms with Gasteiger partial charge in [-0.15, -0.1) is 0 Å². The molecule has 0 amide bonds. The molecule has 52 heavy (non-hydrogen) atoms. The maximum Gasteiger partial charge on any atom is 0.187 e. The third-order valence-electron chi connectivity index (χ3n) is 9.25. The van der Waals surface area contributed by atoms with Crippen molar-refractivity contribution in [3.05, 3.63) is 210 Å². The fraction of sp³-hybridized carbons (Fsp3) is 0.0816. The number of rotatable bonds is 9. The van der Waals surface area contributed by atoms with E-state index in [1.807, 2.05) is 36.4 Å². The minimum absolute atomic E-state index is 0.0779. The van der Waals surface area contributed by atoms with Crippen LogP contribution in [0.15, 0.2) is 182 Å². The van der Waals surface area contributed by atoms with E-state index in [0.717, 1.165) is 45.3 Å². The van der Waals surface area contributed by atoms with Crippen molar-refractivity contribution < 1.29 is 0 Å². The van der Waals surface area contributed by atoms with Gasteiger partial charge in [-0.3, -0.25) is 0 Å². The van der Waals surface area contributed by atoms with Crippen LogP contribution >= 0.6 is 0 Å². The lowest BCUT2D eigenvalue weighted by atomic mass is 9.87. The molecule has 0 spiro atoms. The Hall–Kier alpha value is -6.63. The normalized spacial score (nSPS) is 11.3. The maximum absolute atomic E-state index is 7.38. The van der Waals surface area contributed by atoms with E-state index in [4.69, 9.17) is 6.57 Å². The SMILES string of the molecule is [C-]#[N+]c1ccc(N(c2ccc(/C=C/c3ccc(-c4ccc(N(c5ccccc5)c5ccccc5)cc4)cc3)cc2)c2ccc(C(C)(C)C)cc2)cc1. The zero-order valence-electron chi connectivity index (χ0n) is 29.8. The number of anilines is 6. The fourth-order valence-corrected chi connectivity index (χ4v) is 6.35. The van der Waals surface area contributed by atoms with Crippen LogP contribution in [0, 0.1) is 6.57 Å². The maximum atomic E-state index is 7.38. The van der Waals surface area contributed by atoms with Gasteiger partial charge >= 0.3 is 0 Å². The van der Waals surface area contributed by atoms with Crippen LogP contribution in [0.25, 0.3) is 28.1 Å². The molecule has 0 bridgehead atoms. The van der Waals surface area contributed by atoms with E-state index < -0.39 is 0 Å². The quantitative estimate of drug-likeness (QED) is 0.112. The molecule has 0 aliphatic rings. The molecule has 0 unspecified atom stereocenters. The van der Waals surface area contributed by atoms with E-state index in [-0.39, 0.29) is 5.41 Å². The highest BCUT2D eigenvalue weighted by Crippen LogP contribution is 2.38. The summed E-state index contributed by atoms with van der Waals surface area (Å²) in [4.78, 5) is 8.10. The number of hydrogen-bond donors (Lipinski definition) is 0. The highest BCUT2D eigenvalue weighted by Gasteiger charge is 2.17. The first-order chi connectivity index (χ1) is 25.4. The topological polar surface area (TPSA) is 10.8 Å². The fourth-order valence-electron chi connectivity index (χ4n) is 6.35. The average molecular weight is 672 g/mol. The van der Waals surface area contributed by atoms with Gasteiger partial charge in [0, 0.05) is 34.1 Å². The van der Waals surface area contributed by atoms with Gasteiger partial charge in [-0.2, -0.15) is 0 Å². The summed E-state index contributed by atoms with van der Waals surface area (Å²) < 4.78 is 0. The van der Waals surface area contributed by atoms with Gasteiger partial charge < -0.3 is 9.80 Å². The van der Waals surface area contributed by atoms with Crippen molar-refractivity contribution in [1.29, 1.82) is 0 Å². The summed E-state index contributed by atoms with van der Waals surface area (Å²) in [6.07, 6.45) is 4.31. The number of benzene rings is 7. The Morgan fingerprint density at radius 3 is 1.13 bits per heavy atom. The van der Waals surface area contributed by atoms with Crippen molar-refractivity contribution in [2.45, 2.75) is 26.2 Å². The van der Waals surface area contributed by atoms with Crippen molar-refractivity contribution >= 4 is 52.0 Å². The lowest BCUT2D eigenvalue weighted by Gasteiger charge is -2.27. The largest absolute Gasteiger partial charge is 0.311 e. The third kappa shape index (κ3) is 7.73. The first-order valence-corrected chi connectivity index (χ1v) is 17.6. The molecule has 0 aromatic heterocycles. The molecule has 7 aromatic rings. The van der Waals surface area contributed by atoms with Crippen LogP contribution in [0.1, 0.15) is 37.5 Å². The summed E-state index contributed by atoms with van der Waals surface area (Å²) in [5, 5.41) is 0. The van der Waals surface area contributed by atoms with Crippen LogP contribution in [0.3, 0.4) is 0 Å². The summed E-state index contributed by atoms with van der Waals surface area (Å²) in [7, 11) is 0. The third-order valence-corrected chi connectivity index (χ3v) is 9.25. The predicted molar refractivity (Wildman–Crippen MR) is 222 cm³/mol. The molecular weight excluding hydrogens is 631 g/mol. The Balaban J connectivity index is 1.07. The van der Waals surface area contributed by atoms with E-state index in [1.165, 1.54) is 16.7 Å². The zero-order chi connectivity index (χ0) is 35.9. The summed E-state index contributed by atoms with van der Waals surface area (Å²) in [6, 6.07) is 63.6. The van der Waals surface area contributed by atoms with Gasteiger partial charge in [0.2, 0.25) is 0 Å². The molecule has 0 fully saturated rings. The Labute approximate surface area is 308 Å². The number of para-hydroxylation sites is 2. The van der Waals surface area contributed by atoms with Crippen LogP contribution < -0.4 is 9.80 Å². The highest BCUT2D eigenvalue weighted by molar-refractivity contribution is 5.80. The molecule has 0 aliphatic carbocycles. The van der Waals surface area contributed by atoms with Gasteiger partial charge in [0.1, 0.15) is 0 Å². The average Bonchev–Trinajstić information content (AvgIpc) is 3.19. The molecular formula is C49H41N3. The molecule has 0 saturated carbocycles. The first kappa shape index (κ1) is 33.8. The summed E-state index contributed by atoms with van der Waals surface area (Å²) >= 11 is 0. The van der Waals surface area contributed by atoms with Gasteiger partial charge in [0.05, 0.1) is 6.57 Å². The lowest BCUT2D eigenvalue weighted by molar-refractivity contribution is 0.590. The van der Waals surface area contributed by atoms with E-state index in [2.05, 4.69) is 193 Å². The van der Waals surface area contributed by atoms with Crippen LogP contribution in [0.5, 0.6) is 0 Å². The Morgan fingerprint density at radius 2 is 0.731 bits per heavy atom. The second-order valence-corrected chi connectivity index (χ2v) is 13.9. The number of nitrogens with zero attached hydrogens (tertiary/aromatic N) is 3. The smallest absolute Gasteiger partial charge is 0.187 e. The van der Waals surface area contributed by atoms with E-state index in [0.29, 0.717) is 5.69 Å². The van der Waals surface area contributed by atoms with Crippen molar-refractivity contribution in [1.82, 2.24) is 0 Å². The summed E-state index contributed by atoms with van der Waals surface area (Å²) in [5.74, 6) is 0. The summed E-state index contributed by atoms with van der Waals surface area (Å²) in [5.41, 5.74) is 13.1. The molecule has 3 heteroatoms. The molecule has 7 aromatic carbocycles. The molecule has 0 atom stereocenters. The van der Waals surface area contributed by atoms with Crippen molar-refractivity contribution in [2.75, 3.05) is 9.80 Å². The highest BCUT2D eigenvalue weighted by atomic mass is 15.1. The van der Waals surface area contributed by atoms with Crippen LogP contribution in [-0.4, -0.2) is 0 Å². The Morgan fingerprint density at radius 1 is 0.404 bits per heavy atom. The molecule has 0 aliphatic heterocycles. The first-order valence-electron chi connectivity index (χ1n) is 17.6. The molecule has 7 rings (SSSR count). The van der Waals surface area contributed by atoms with E-state index in [9.17, 15) is 0 Å². The molecule has 0 heterocycles. The lowest BCUT2D eigenvalue weighted by Crippen LogP contribution is -2.13.